The van der Waals surface area contributed by atoms with Crippen LogP contribution in [0, 0.1) is 0 Å². The van der Waals surface area contributed by atoms with Crippen LogP contribution in [0.1, 0.15) is 25.6 Å². The monoisotopic (exact) mass is 446 g/mol. The van der Waals surface area contributed by atoms with Gasteiger partial charge in [-0.2, -0.15) is 4.31 Å². The molecule has 9 heteroatoms. The summed E-state index contributed by atoms with van der Waals surface area (Å²) in [4.78, 5) is 28.1. The van der Waals surface area contributed by atoms with Gasteiger partial charge in [0.05, 0.1) is 10.4 Å². The molecule has 0 spiro atoms. The second kappa shape index (κ2) is 8.19. The number of rotatable bonds is 5. The Kier molecular flexibility index (Phi) is 5.64. The Balaban J connectivity index is 1.50. The summed E-state index contributed by atoms with van der Waals surface area (Å²) in [6.07, 6.45) is 0. The van der Waals surface area contributed by atoms with Crippen molar-refractivity contribution >= 4 is 44.4 Å². The topological polar surface area (TPSA) is 74.8 Å². The molecule has 150 valence electrons. The maximum Gasteiger partial charge on any atom is 0.254 e. The SMILES string of the molecule is O=C(c1cccs1)c1ccccc1C(=O)N1CCN(S(=O)(=O)c2cccs2)CC1. The summed E-state index contributed by atoms with van der Waals surface area (Å²) in [6, 6.07) is 13.6. The summed E-state index contributed by atoms with van der Waals surface area (Å²) in [7, 11) is -3.52. The first-order valence-electron chi connectivity index (χ1n) is 8.98. The Labute approximate surface area is 177 Å². The van der Waals surface area contributed by atoms with Gasteiger partial charge in [0.1, 0.15) is 4.21 Å². The van der Waals surface area contributed by atoms with Gasteiger partial charge in [0, 0.05) is 31.7 Å². The standard InChI is InChI=1S/C20H18N2O4S3/c23-19(17-7-3-13-27-17)15-5-1-2-6-16(15)20(24)21-9-11-22(12-10-21)29(25,26)18-8-4-14-28-18/h1-8,13-14H,9-12H2. The van der Waals surface area contributed by atoms with E-state index < -0.39 is 10.0 Å². The van der Waals surface area contributed by atoms with Crippen molar-refractivity contribution in [2.75, 3.05) is 26.2 Å². The predicted octanol–water partition coefficient (Wildman–Crippen LogP) is 3.19. The van der Waals surface area contributed by atoms with Crippen molar-refractivity contribution < 1.29 is 18.0 Å². The van der Waals surface area contributed by atoms with Crippen LogP contribution >= 0.6 is 22.7 Å². The van der Waals surface area contributed by atoms with Crippen molar-refractivity contribution in [3.63, 3.8) is 0 Å². The van der Waals surface area contributed by atoms with Crippen molar-refractivity contribution in [3.8, 4) is 0 Å². The zero-order valence-electron chi connectivity index (χ0n) is 15.4. The number of amides is 1. The van der Waals surface area contributed by atoms with E-state index in [0.29, 0.717) is 20.2 Å². The first-order chi connectivity index (χ1) is 14.0. The van der Waals surface area contributed by atoms with E-state index in [2.05, 4.69) is 0 Å². The first kappa shape index (κ1) is 20.0. The van der Waals surface area contributed by atoms with Gasteiger partial charge < -0.3 is 4.90 Å². The largest absolute Gasteiger partial charge is 0.336 e. The molecule has 1 aliphatic heterocycles. The summed E-state index contributed by atoms with van der Waals surface area (Å²) in [6.45, 7) is 1.02. The van der Waals surface area contributed by atoms with Gasteiger partial charge in [0.2, 0.25) is 5.78 Å². The minimum absolute atomic E-state index is 0.178. The van der Waals surface area contributed by atoms with E-state index >= 15 is 0 Å². The molecule has 3 aromatic rings. The normalized spacial score (nSPS) is 15.4. The minimum Gasteiger partial charge on any atom is -0.336 e. The van der Waals surface area contributed by atoms with Gasteiger partial charge >= 0.3 is 0 Å². The van der Waals surface area contributed by atoms with E-state index in [1.54, 1.807) is 58.8 Å². The van der Waals surface area contributed by atoms with Crippen LogP contribution in [0.5, 0.6) is 0 Å². The van der Waals surface area contributed by atoms with E-state index in [4.69, 9.17) is 0 Å². The molecule has 29 heavy (non-hydrogen) atoms. The first-order valence-corrected chi connectivity index (χ1v) is 12.2. The lowest BCUT2D eigenvalue weighted by Gasteiger charge is -2.34. The number of sulfonamides is 1. The lowest BCUT2D eigenvalue weighted by atomic mass is 10.0. The fraction of sp³-hybridized carbons (Fsp3) is 0.200. The van der Waals surface area contributed by atoms with Crippen LogP contribution in [0.25, 0.3) is 0 Å². The molecule has 1 saturated heterocycles. The number of hydrogen-bond donors (Lipinski definition) is 0. The molecule has 0 N–H and O–H groups in total. The molecule has 1 amide bonds. The Hall–Kier alpha value is -2.33. The molecule has 2 aromatic heterocycles. The Morgan fingerprint density at radius 1 is 0.793 bits per heavy atom. The van der Waals surface area contributed by atoms with Crippen LogP contribution in [0.2, 0.25) is 0 Å². The molecule has 0 radical (unpaired) electrons. The van der Waals surface area contributed by atoms with Crippen LogP contribution in [-0.2, 0) is 10.0 Å². The van der Waals surface area contributed by atoms with Crippen molar-refractivity contribution in [2.45, 2.75) is 4.21 Å². The maximum absolute atomic E-state index is 13.1. The lowest BCUT2D eigenvalue weighted by molar-refractivity contribution is 0.0694. The highest BCUT2D eigenvalue weighted by Crippen LogP contribution is 2.24. The van der Waals surface area contributed by atoms with Crippen LogP contribution in [0.3, 0.4) is 0 Å². The number of nitrogens with zero attached hydrogens (tertiary/aromatic N) is 2. The molecule has 1 fully saturated rings. The summed E-state index contributed by atoms with van der Waals surface area (Å²) < 4.78 is 27.0. The summed E-state index contributed by atoms with van der Waals surface area (Å²) >= 11 is 2.52. The quantitative estimate of drug-likeness (QED) is 0.564. The summed E-state index contributed by atoms with van der Waals surface area (Å²) in [5.74, 6) is -0.429. The smallest absolute Gasteiger partial charge is 0.254 e. The van der Waals surface area contributed by atoms with E-state index in [0.717, 1.165) is 0 Å². The predicted molar refractivity (Wildman–Crippen MR) is 113 cm³/mol. The van der Waals surface area contributed by atoms with Crippen LogP contribution in [0.4, 0.5) is 0 Å². The molecule has 4 rings (SSSR count). The molecule has 3 heterocycles. The van der Waals surface area contributed by atoms with Crippen LogP contribution < -0.4 is 0 Å². The number of piperazine rings is 1. The van der Waals surface area contributed by atoms with E-state index in [1.807, 2.05) is 5.38 Å². The van der Waals surface area contributed by atoms with Gasteiger partial charge in [-0.15, -0.1) is 22.7 Å². The molecule has 0 unspecified atom stereocenters. The van der Waals surface area contributed by atoms with Crippen molar-refractivity contribution in [3.05, 3.63) is 75.3 Å². The average Bonchev–Trinajstić information content (AvgIpc) is 3.47. The van der Waals surface area contributed by atoms with E-state index in [-0.39, 0.29) is 37.9 Å². The fourth-order valence-electron chi connectivity index (χ4n) is 3.25. The van der Waals surface area contributed by atoms with Gasteiger partial charge in [-0.25, -0.2) is 8.42 Å². The highest BCUT2D eigenvalue weighted by Gasteiger charge is 2.32. The molecule has 0 bridgehead atoms. The molecule has 0 aliphatic carbocycles. The third-order valence-corrected chi connectivity index (χ3v) is 8.90. The van der Waals surface area contributed by atoms with Gasteiger partial charge in [-0.3, -0.25) is 9.59 Å². The molecule has 0 atom stereocenters. The van der Waals surface area contributed by atoms with Gasteiger partial charge in [-0.1, -0.05) is 30.3 Å². The Bertz CT molecular complexity index is 1110. The van der Waals surface area contributed by atoms with Crippen molar-refractivity contribution in [1.29, 1.82) is 0 Å². The zero-order chi connectivity index (χ0) is 20.4. The Morgan fingerprint density at radius 2 is 1.45 bits per heavy atom. The van der Waals surface area contributed by atoms with Gasteiger partial charge in [-0.05, 0) is 29.0 Å². The Morgan fingerprint density at radius 3 is 2.07 bits per heavy atom. The third-order valence-electron chi connectivity index (χ3n) is 4.76. The highest BCUT2D eigenvalue weighted by molar-refractivity contribution is 7.91. The fourth-order valence-corrected chi connectivity index (χ4v) is 6.49. The van der Waals surface area contributed by atoms with E-state index in [1.165, 1.54) is 27.0 Å². The zero-order valence-corrected chi connectivity index (χ0v) is 17.8. The molecular formula is C20H18N2O4S3. The van der Waals surface area contributed by atoms with Gasteiger partial charge in [0.15, 0.2) is 0 Å². The molecule has 6 nitrogen and oxygen atoms in total. The number of carbonyl (C=O) groups is 2. The van der Waals surface area contributed by atoms with Crippen LogP contribution in [0.15, 0.2) is 63.5 Å². The number of benzene rings is 1. The van der Waals surface area contributed by atoms with Crippen LogP contribution in [-0.4, -0.2) is 55.5 Å². The molecule has 1 aliphatic rings. The highest BCUT2D eigenvalue weighted by atomic mass is 32.2. The lowest BCUT2D eigenvalue weighted by Crippen LogP contribution is -2.50. The van der Waals surface area contributed by atoms with E-state index in [9.17, 15) is 18.0 Å². The van der Waals surface area contributed by atoms with Gasteiger partial charge in [0.25, 0.3) is 15.9 Å². The maximum atomic E-state index is 13.1. The molecule has 1 aromatic carbocycles. The molecular weight excluding hydrogens is 428 g/mol. The second-order valence-electron chi connectivity index (χ2n) is 6.48. The number of hydrogen-bond acceptors (Lipinski definition) is 6. The summed E-state index contributed by atoms with van der Waals surface area (Å²) in [5, 5.41) is 3.55. The third kappa shape index (κ3) is 3.91. The van der Waals surface area contributed by atoms with Crippen molar-refractivity contribution in [1.82, 2.24) is 9.21 Å². The van der Waals surface area contributed by atoms with Crippen molar-refractivity contribution in [2.24, 2.45) is 0 Å². The minimum atomic E-state index is -3.52. The average molecular weight is 447 g/mol. The number of ketones is 1. The molecule has 0 saturated carbocycles. The second-order valence-corrected chi connectivity index (χ2v) is 10.5. The number of thiophene rings is 2. The summed E-state index contributed by atoms with van der Waals surface area (Å²) in [5.41, 5.74) is 0.717. The number of carbonyl (C=O) groups excluding carboxylic acids is 2.